The molecule has 3 aromatic carbocycles. The zero-order valence-corrected chi connectivity index (χ0v) is 20.5. The lowest BCUT2D eigenvalue weighted by molar-refractivity contribution is -0.274. The number of halogens is 4. The molecule has 1 aliphatic heterocycles. The molecule has 1 heterocycles. The molecule has 1 atom stereocenters. The van der Waals surface area contributed by atoms with Crippen molar-refractivity contribution in [3.8, 4) is 23.0 Å². The summed E-state index contributed by atoms with van der Waals surface area (Å²) in [7, 11) is 2.68. The minimum Gasteiger partial charge on any atom is -0.508 e. The molecule has 8 nitrogen and oxygen atoms in total. The predicted octanol–water partition coefficient (Wildman–Crippen LogP) is 5.59. The number of aliphatic hydroxyl groups is 1. The summed E-state index contributed by atoms with van der Waals surface area (Å²) in [5.74, 6) is -3.32. The van der Waals surface area contributed by atoms with Crippen molar-refractivity contribution < 1.29 is 47.2 Å². The molecule has 0 aromatic heterocycles. The van der Waals surface area contributed by atoms with Gasteiger partial charge in [-0.25, -0.2) is 0 Å². The van der Waals surface area contributed by atoms with Crippen LogP contribution >= 0.6 is 11.6 Å². The number of benzene rings is 3. The number of phenols is 1. The summed E-state index contributed by atoms with van der Waals surface area (Å²) in [5, 5.41) is 21.2. The predicted molar refractivity (Wildman–Crippen MR) is 131 cm³/mol. The monoisotopic (exact) mass is 549 g/mol. The number of ether oxygens (including phenoxy) is 3. The topological polar surface area (TPSA) is 106 Å². The second-order valence-corrected chi connectivity index (χ2v) is 8.40. The Kier molecular flexibility index (Phi) is 7.14. The molecule has 0 saturated carbocycles. The molecule has 0 bridgehead atoms. The Labute approximate surface area is 219 Å². The Bertz CT molecular complexity index is 1440. The molecule has 1 amide bonds. The van der Waals surface area contributed by atoms with Crippen LogP contribution in [0.5, 0.6) is 23.0 Å². The van der Waals surface area contributed by atoms with Crippen molar-refractivity contribution in [1.82, 2.24) is 0 Å². The summed E-state index contributed by atoms with van der Waals surface area (Å²) >= 11 is 6.23. The molecule has 4 rings (SSSR count). The van der Waals surface area contributed by atoms with Crippen LogP contribution in [0, 0.1) is 0 Å². The van der Waals surface area contributed by atoms with Crippen molar-refractivity contribution >= 4 is 34.7 Å². The van der Waals surface area contributed by atoms with Gasteiger partial charge < -0.3 is 24.4 Å². The second-order valence-electron chi connectivity index (χ2n) is 7.99. The van der Waals surface area contributed by atoms with E-state index < -0.39 is 35.6 Å². The number of nitrogens with zero attached hydrogens (tertiary/aromatic N) is 1. The number of rotatable bonds is 6. The van der Waals surface area contributed by atoms with Gasteiger partial charge >= 0.3 is 6.36 Å². The van der Waals surface area contributed by atoms with Gasteiger partial charge in [0.2, 0.25) is 0 Å². The lowest BCUT2D eigenvalue weighted by atomic mass is 9.94. The Morgan fingerprint density at radius 3 is 2.24 bits per heavy atom. The van der Waals surface area contributed by atoms with E-state index in [9.17, 15) is 33.0 Å². The molecule has 0 radical (unpaired) electrons. The quantitative estimate of drug-likeness (QED) is 0.235. The minimum atomic E-state index is -4.99. The maximum absolute atomic E-state index is 13.3. The van der Waals surface area contributed by atoms with Crippen molar-refractivity contribution in [2.24, 2.45) is 0 Å². The second kappa shape index (κ2) is 10.2. The zero-order valence-electron chi connectivity index (χ0n) is 19.7. The van der Waals surface area contributed by atoms with Crippen LogP contribution in [0.4, 0.5) is 18.9 Å². The van der Waals surface area contributed by atoms with E-state index in [1.807, 2.05) is 0 Å². The first-order chi connectivity index (χ1) is 17.9. The van der Waals surface area contributed by atoms with E-state index in [2.05, 4.69) is 4.74 Å². The molecular formula is C26H19ClF3NO7. The van der Waals surface area contributed by atoms with Gasteiger partial charge in [0.1, 0.15) is 28.8 Å². The molecule has 38 heavy (non-hydrogen) atoms. The van der Waals surface area contributed by atoms with E-state index >= 15 is 0 Å². The number of carbonyl (C=O) groups is 2. The highest BCUT2D eigenvalue weighted by molar-refractivity contribution is 6.51. The van der Waals surface area contributed by atoms with Crippen LogP contribution in [0.3, 0.4) is 0 Å². The average molecular weight is 550 g/mol. The summed E-state index contributed by atoms with van der Waals surface area (Å²) in [4.78, 5) is 27.5. The SMILES string of the molecule is COc1cc(OC)c(/C(O)=C2\C(=O)C(=O)N(c3cccc(OC(F)(F)F)c3)C2c2ccc(O)cc2)cc1Cl. The number of carbonyl (C=O) groups excluding carboxylic acids is 2. The van der Waals surface area contributed by atoms with Crippen LogP contribution in [0.2, 0.25) is 5.02 Å². The fourth-order valence-electron chi connectivity index (χ4n) is 4.09. The third-order valence-electron chi connectivity index (χ3n) is 5.71. The molecule has 12 heteroatoms. The molecule has 0 spiro atoms. The maximum atomic E-state index is 13.3. The lowest BCUT2D eigenvalue weighted by Crippen LogP contribution is -2.29. The number of hydrogen-bond acceptors (Lipinski definition) is 7. The number of methoxy groups -OCH3 is 2. The third-order valence-corrected chi connectivity index (χ3v) is 6.01. The van der Waals surface area contributed by atoms with E-state index in [1.165, 1.54) is 62.8 Å². The smallest absolute Gasteiger partial charge is 0.508 e. The highest BCUT2D eigenvalue weighted by Gasteiger charge is 2.47. The summed E-state index contributed by atoms with van der Waals surface area (Å²) in [6, 6.07) is 11.3. The van der Waals surface area contributed by atoms with Crippen molar-refractivity contribution in [3.05, 3.63) is 82.4 Å². The molecule has 1 aliphatic rings. The summed E-state index contributed by atoms with van der Waals surface area (Å²) in [6.07, 6.45) is -4.99. The van der Waals surface area contributed by atoms with Gasteiger partial charge in [-0.05, 0) is 35.9 Å². The number of phenolic OH excluding ortho intramolecular Hbond substituents is 1. The van der Waals surface area contributed by atoms with E-state index in [0.29, 0.717) is 0 Å². The molecule has 1 saturated heterocycles. The number of anilines is 1. The summed E-state index contributed by atoms with van der Waals surface area (Å²) in [5.41, 5.74) is -0.258. The number of Topliss-reactive ketones (excluding diaryl/α,β-unsaturated/α-hetero) is 1. The number of ketones is 1. The number of alkyl halides is 3. The number of hydrogen-bond donors (Lipinski definition) is 2. The molecule has 0 aliphatic carbocycles. The van der Waals surface area contributed by atoms with Gasteiger partial charge in [-0.2, -0.15) is 0 Å². The van der Waals surface area contributed by atoms with Crippen molar-refractivity contribution in [2.75, 3.05) is 19.1 Å². The van der Waals surface area contributed by atoms with Gasteiger partial charge in [0.25, 0.3) is 11.7 Å². The standard InChI is InChI=1S/C26H19ClF3NO7/c1-36-19-12-20(37-2)18(27)11-17(19)23(33)21-22(13-6-8-15(32)9-7-13)31(25(35)24(21)34)14-4-3-5-16(10-14)38-26(28,29)30/h3-12,22,32-33H,1-2H3/b23-21+. The highest BCUT2D eigenvalue weighted by atomic mass is 35.5. The van der Waals surface area contributed by atoms with Crippen molar-refractivity contribution in [3.63, 3.8) is 0 Å². The first-order valence-corrected chi connectivity index (χ1v) is 11.2. The summed E-state index contributed by atoms with van der Waals surface area (Å²) < 4.78 is 52.9. The van der Waals surface area contributed by atoms with Crippen LogP contribution in [0.25, 0.3) is 5.76 Å². The molecule has 1 unspecified atom stereocenters. The number of amides is 1. The van der Waals surface area contributed by atoms with Crippen molar-refractivity contribution in [2.45, 2.75) is 12.4 Å². The van der Waals surface area contributed by atoms with Crippen LogP contribution < -0.4 is 19.1 Å². The zero-order chi connectivity index (χ0) is 27.8. The van der Waals surface area contributed by atoms with Crippen LogP contribution in [-0.4, -0.2) is 42.5 Å². The Hall–Kier alpha value is -4.38. The first-order valence-electron chi connectivity index (χ1n) is 10.8. The molecule has 198 valence electrons. The Balaban J connectivity index is 1.95. The fraction of sp³-hybridized carbons (Fsp3) is 0.154. The third kappa shape index (κ3) is 5.05. The van der Waals surface area contributed by atoms with Gasteiger partial charge in [0.05, 0.1) is 36.4 Å². The fourth-order valence-corrected chi connectivity index (χ4v) is 4.33. The maximum Gasteiger partial charge on any atom is 0.573 e. The van der Waals surface area contributed by atoms with Gasteiger partial charge in [-0.1, -0.05) is 29.8 Å². The lowest BCUT2D eigenvalue weighted by Gasteiger charge is -2.26. The van der Waals surface area contributed by atoms with Crippen LogP contribution in [0.1, 0.15) is 17.2 Å². The van der Waals surface area contributed by atoms with E-state index in [-0.39, 0.29) is 44.7 Å². The minimum absolute atomic E-state index is 0.0331. The molecule has 1 fully saturated rings. The van der Waals surface area contributed by atoms with E-state index in [1.54, 1.807) is 0 Å². The normalized spacial score (nSPS) is 17.0. The largest absolute Gasteiger partial charge is 0.573 e. The van der Waals surface area contributed by atoms with Crippen LogP contribution in [-0.2, 0) is 9.59 Å². The first kappa shape index (κ1) is 26.7. The Morgan fingerprint density at radius 1 is 0.974 bits per heavy atom. The van der Waals surface area contributed by atoms with E-state index in [4.69, 9.17) is 21.1 Å². The van der Waals surface area contributed by atoms with Crippen molar-refractivity contribution in [1.29, 1.82) is 0 Å². The molecule has 3 aromatic rings. The highest BCUT2D eigenvalue weighted by Crippen LogP contribution is 2.45. The average Bonchev–Trinajstić information content (AvgIpc) is 3.13. The van der Waals surface area contributed by atoms with E-state index in [0.717, 1.165) is 17.0 Å². The van der Waals surface area contributed by atoms with Crippen LogP contribution in [0.15, 0.2) is 66.2 Å². The molecule has 2 N–H and O–H groups in total. The Morgan fingerprint density at radius 2 is 1.63 bits per heavy atom. The molecular weight excluding hydrogens is 531 g/mol. The number of aromatic hydroxyl groups is 1. The summed E-state index contributed by atoms with van der Waals surface area (Å²) in [6.45, 7) is 0. The van der Waals surface area contributed by atoms with Gasteiger partial charge in [-0.3, -0.25) is 14.5 Å². The van der Waals surface area contributed by atoms with Gasteiger partial charge in [0.15, 0.2) is 0 Å². The van der Waals surface area contributed by atoms with Gasteiger partial charge in [-0.15, -0.1) is 13.2 Å². The number of aliphatic hydroxyl groups excluding tert-OH is 1. The van der Waals surface area contributed by atoms with Gasteiger partial charge in [0, 0.05) is 17.8 Å².